The second-order valence-corrected chi connectivity index (χ2v) is 5.07. The molecule has 2 heteroatoms. The lowest BCUT2D eigenvalue weighted by Crippen LogP contribution is -2.21. The third-order valence-corrected chi connectivity index (χ3v) is 3.76. The van der Waals surface area contributed by atoms with Crippen LogP contribution in [0.15, 0.2) is 18.2 Å². The summed E-state index contributed by atoms with van der Waals surface area (Å²) in [7, 11) is 1.71. The molecule has 0 radical (unpaired) electrons. The largest absolute Gasteiger partial charge is 0.496 e. The van der Waals surface area contributed by atoms with E-state index in [0.29, 0.717) is 5.92 Å². The van der Waals surface area contributed by atoms with E-state index in [9.17, 15) is 0 Å². The van der Waals surface area contributed by atoms with Crippen molar-refractivity contribution < 1.29 is 4.74 Å². The minimum Gasteiger partial charge on any atom is -0.496 e. The van der Waals surface area contributed by atoms with E-state index < -0.39 is 0 Å². The van der Waals surface area contributed by atoms with Crippen molar-refractivity contribution >= 4 is 0 Å². The monoisotopic (exact) mass is 249 g/mol. The summed E-state index contributed by atoms with van der Waals surface area (Å²) in [5, 5.41) is 0. The van der Waals surface area contributed by atoms with Gasteiger partial charge in [-0.25, -0.2) is 0 Å². The first-order valence-corrected chi connectivity index (χ1v) is 7.04. The fourth-order valence-corrected chi connectivity index (χ4v) is 2.49. The van der Waals surface area contributed by atoms with Crippen LogP contribution in [0.5, 0.6) is 5.75 Å². The van der Waals surface area contributed by atoms with Crippen LogP contribution in [0.25, 0.3) is 0 Å². The van der Waals surface area contributed by atoms with Gasteiger partial charge in [0.2, 0.25) is 0 Å². The van der Waals surface area contributed by atoms with Gasteiger partial charge in [-0.1, -0.05) is 45.2 Å². The van der Waals surface area contributed by atoms with E-state index in [4.69, 9.17) is 10.5 Å². The number of aryl methyl sites for hydroxylation is 1. The highest BCUT2D eigenvalue weighted by atomic mass is 16.5. The molecule has 0 heterocycles. The number of hydrogen-bond donors (Lipinski definition) is 1. The molecule has 2 unspecified atom stereocenters. The molecule has 0 saturated carbocycles. The molecule has 1 aromatic rings. The maximum Gasteiger partial charge on any atom is 0.121 e. The van der Waals surface area contributed by atoms with E-state index >= 15 is 0 Å². The molecule has 1 rings (SSSR count). The average molecular weight is 249 g/mol. The number of ether oxygens (including phenoxy) is 1. The molecule has 2 nitrogen and oxygen atoms in total. The highest BCUT2D eigenvalue weighted by molar-refractivity contribution is 5.37. The Bertz CT molecular complexity index is 362. The molecule has 2 N–H and O–H groups in total. The maximum absolute atomic E-state index is 6.41. The number of hydrogen-bond acceptors (Lipinski definition) is 2. The van der Waals surface area contributed by atoms with Crippen LogP contribution in [-0.4, -0.2) is 7.11 Å². The summed E-state index contributed by atoms with van der Waals surface area (Å²) in [6.45, 7) is 6.54. The molecule has 0 aliphatic carbocycles. The van der Waals surface area contributed by atoms with E-state index in [0.717, 1.165) is 17.7 Å². The van der Waals surface area contributed by atoms with Crippen LogP contribution < -0.4 is 10.5 Å². The summed E-state index contributed by atoms with van der Waals surface area (Å²) in [6, 6.07) is 6.44. The van der Waals surface area contributed by atoms with Crippen molar-refractivity contribution in [3.63, 3.8) is 0 Å². The van der Waals surface area contributed by atoms with E-state index in [-0.39, 0.29) is 6.04 Å². The summed E-state index contributed by atoms with van der Waals surface area (Å²) < 4.78 is 5.29. The number of rotatable bonds is 7. The van der Waals surface area contributed by atoms with Crippen LogP contribution in [0.4, 0.5) is 0 Å². The van der Waals surface area contributed by atoms with Crippen molar-refractivity contribution in [1.29, 1.82) is 0 Å². The van der Waals surface area contributed by atoms with E-state index in [1.165, 1.54) is 24.8 Å². The number of benzene rings is 1. The van der Waals surface area contributed by atoms with Crippen LogP contribution >= 0.6 is 0 Å². The Labute approximate surface area is 112 Å². The van der Waals surface area contributed by atoms with E-state index in [1.807, 2.05) is 6.07 Å². The molecule has 0 aliphatic heterocycles. The second kappa shape index (κ2) is 7.42. The Balaban J connectivity index is 2.81. The molecule has 2 atom stereocenters. The quantitative estimate of drug-likeness (QED) is 0.785. The summed E-state index contributed by atoms with van der Waals surface area (Å²) >= 11 is 0. The number of methoxy groups -OCH3 is 1. The van der Waals surface area contributed by atoms with Gasteiger partial charge in [-0.3, -0.25) is 0 Å². The molecule has 0 bridgehead atoms. The molecular formula is C16H27NO. The zero-order valence-corrected chi connectivity index (χ0v) is 12.2. The van der Waals surface area contributed by atoms with Gasteiger partial charge >= 0.3 is 0 Å². The van der Waals surface area contributed by atoms with Crippen molar-refractivity contribution in [3.05, 3.63) is 29.3 Å². The summed E-state index contributed by atoms with van der Waals surface area (Å²) in [5.41, 5.74) is 8.81. The third-order valence-electron chi connectivity index (χ3n) is 3.76. The minimum atomic E-state index is 0.145. The van der Waals surface area contributed by atoms with Gasteiger partial charge < -0.3 is 10.5 Å². The standard InChI is InChI=1S/C16H27NO/c1-5-7-8-13(6-2)16(17)14-9-10-15(18-4)12(3)11-14/h9-11,13,16H,5-8,17H2,1-4H3. The zero-order valence-electron chi connectivity index (χ0n) is 12.2. The van der Waals surface area contributed by atoms with Gasteiger partial charge in [0, 0.05) is 6.04 Å². The predicted octanol–water partition coefficient (Wildman–Crippen LogP) is 4.22. The van der Waals surface area contributed by atoms with Crippen molar-refractivity contribution in [3.8, 4) is 5.75 Å². The fraction of sp³-hybridized carbons (Fsp3) is 0.625. The second-order valence-electron chi connectivity index (χ2n) is 5.07. The Morgan fingerprint density at radius 1 is 1.28 bits per heavy atom. The average Bonchev–Trinajstić information content (AvgIpc) is 2.39. The van der Waals surface area contributed by atoms with Gasteiger partial charge in [-0.2, -0.15) is 0 Å². The van der Waals surface area contributed by atoms with Gasteiger partial charge in [-0.15, -0.1) is 0 Å². The molecule has 0 saturated heterocycles. The third kappa shape index (κ3) is 3.74. The van der Waals surface area contributed by atoms with Crippen LogP contribution in [0.3, 0.4) is 0 Å². The summed E-state index contributed by atoms with van der Waals surface area (Å²) in [6.07, 6.45) is 4.87. The van der Waals surface area contributed by atoms with Crippen LogP contribution in [-0.2, 0) is 0 Å². The molecule has 0 aliphatic rings. The van der Waals surface area contributed by atoms with Crippen LogP contribution in [0.2, 0.25) is 0 Å². The first-order valence-electron chi connectivity index (χ1n) is 7.04. The topological polar surface area (TPSA) is 35.2 Å². The highest BCUT2D eigenvalue weighted by Gasteiger charge is 2.17. The van der Waals surface area contributed by atoms with E-state index in [1.54, 1.807) is 7.11 Å². The van der Waals surface area contributed by atoms with Gasteiger partial charge in [0.05, 0.1) is 7.11 Å². The lowest BCUT2D eigenvalue weighted by Gasteiger charge is -2.23. The Morgan fingerprint density at radius 2 is 2.00 bits per heavy atom. The first-order chi connectivity index (χ1) is 8.63. The lowest BCUT2D eigenvalue weighted by atomic mass is 9.87. The number of nitrogens with two attached hydrogens (primary N) is 1. The smallest absolute Gasteiger partial charge is 0.121 e. The Kier molecular flexibility index (Phi) is 6.20. The fourth-order valence-electron chi connectivity index (χ4n) is 2.49. The molecule has 1 aromatic carbocycles. The molecule has 0 fully saturated rings. The van der Waals surface area contributed by atoms with Gasteiger partial charge in [-0.05, 0) is 36.5 Å². The van der Waals surface area contributed by atoms with Gasteiger partial charge in [0.15, 0.2) is 0 Å². The van der Waals surface area contributed by atoms with Crippen molar-refractivity contribution in [1.82, 2.24) is 0 Å². The summed E-state index contributed by atoms with van der Waals surface area (Å²) in [4.78, 5) is 0. The lowest BCUT2D eigenvalue weighted by molar-refractivity contribution is 0.377. The highest BCUT2D eigenvalue weighted by Crippen LogP contribution is 2.29. The predicted molar refractivity (Wildman–Crippen MR) is 78.0 cm³/mol. The maximum atomic E-state index is 6.41. The Morgan fingerprint density at radius 3 is 2.50 bits per heavy atom. The molecule has 0 spiro atoms. The molecule has 102 valence electrons. The zero-order chi connectivity index (χ0) is 13.5. The molecule has 0 aromatic heterocycles. The van der Waals surface area contributed by atoms with Crippen LogP contribution in [0.1, 0.15) is 56.7 Å². The van der Waals surface area contributed by atoms with Crippen LogP contribution in [0, 0.1) is 12.8 Å². The van der Waals surface area contributed by atoms with Crippen molar-refractivity contribution in [2.45, 2.75) is 52.5 Å². The normalized spacial score (nSPS) is 14.3. The van der Waals surface area contributed by atoms with Crippen molar-refractivity contribution in [2.75, 3.05) is 7.11 Å². The van der Waals surface area contributed by atoms with Crippen molar-refractivity contribution in [2.24, 2.45) is 11.7 Å². The first kappa shape index (κ1) is 15.0. The minimum absolute atomic E-state index is 0.145. The molecular weight excluding hydrogens is 222 g/mol. The Hall–Kier alpha value is -1.02. The van der Waals surface area contributed by atoms with Gasteiger partial charge in [0.1, 0.15) is 5.75 Å². The molecule has 18 heavy (non-hydrogen) atoms. The SMILES string of the molecule is CCCCC(CC)C(N)c1ccc(OC)c(C)c1. The molecule has 0 amide bonds. The van der Waals surface area contributed by atoms with Gasteiger partial charge in [0.25, 0.3) is 0 Å². The summed E-state index contributed by atoms with van der Waals surface area (Å²) in [5.74, 6) is 1.52. The number of unbranched alkanes of at least 4 members (excludes halogenated alkanes) is 1. The van der Waals surface area contributed by atoms with E-state index in [2.05, 4.69) is 32.9 Å².